The van der Waals surface area contributed by atoms with Crippen LogP contribution < -0.4 is 11.1 Å². The van der Waals surface area contributed by atoms with E-state index in [-0.39, 0.29) is 24.0 Å². The summed E-state index contributed by atoms with van der Waals surface area (Å²) in [5.41, 5.74) is 4.47. The Morgan fingerprint density at radius 3 is 2.86 bits per heavy atom. The monoisotopic (exact) mass is 310 g/mol. The third-order valence-electron chi connectivity index (χ3n) is 3.35. The number of carbonyl (C=O) groups excluding carboxylic acids is 2. The van der Waals surface area contributed by atoms with Gasteiger partial charge in [-0.1, -0.05) is 0 Å². The van der Waals surface area contributed by atoms with Crippen molar-refractivity contribution in [2.45, 2.75) is 44.9 Å². The summed E-state index contributed by atoms with van der Waals surface area (Å²) in [5, 5.41) is 16.4. The average Bonchev–Trinajstić information content (AvgIpc) is 3.05. The molecule has 0 bridgehead atoms. The molecule has 1 fully saturated rings. The number of amides is 2. The number of aromatic nitrogens is 2. The Morgan fingerprint density at radius 1 is 1.59 bits per heavy atom. The quantitative estimate of drug-likeness (QED) is 0.664. The van der Waals surface area contributed by atoms with Gasteiger partial charge in [0, 0.05) is 19.2 Å². The predicted molar refractivity (Wildman–Crippen MR) is 78.3 cm³/mol. The van der Waals surface area contributed by atoms with Crippen LogP contribution in [0.3, 0.4) is 0 Å². The lowest BCUT2D eigenvalue weighted by Gasteiger charge is -2.18. The van der Waals surface area contributed by atoms with Gasteiger partial charge in [-0.3, -0.25) is 14.3 Å². The molecule has 122 valence electrons. The summed E-state index contributed by atoms with van der Waals surface area (Å²) in [6, 6.07) is 1.36. The molecule has 0 aromatic carbocycles. The van der Waals surface area contributed by atoms with E-state index in [1.165, 1.54) is 10.7 Å². The SMILES string of the molecule is CC(C)(O)CNC(=O)c1cc(C(N)=O)nn1CC1CCCO1. The molecule has 8 heteroatoms. The average molecular weight is 310 g/mol. The molecule has 2 heterocycles. The summed E-state index contributed by atoms with van der Waals surface area (Å²) in [6.45, 7) is 4.34. The zero-order chi connectivity index (χ0) is 16.3. The van der Waals surface area contributed by atoms with Crippen molar-refractivity contribution in [3.8, 4) is 0 Å². The van der Waals surface area contributed by atoms with Gasteiger partial charge in [0.25, 0.3) is 11.8 Å². The third-order valence-corrected chi connectivity index (χ3v) is 3.35. The maximum absolute atomic E-state index is 12.2. The Bertz CT molecular complexity index is 556. The van der Waals surface area contributed by atoms with Crippen molar-refractivity contribution in [1.82, 2.24) is 15.1 Å². The zero-order valence-corrected chi connectivity index (χ0v) is 12.8. The van der Waals surface area contributed by atoms with Crippen molar-refractivity contribution in [2.75, 3.05) is 13.2 Å². The van der Waals surface area contributed by atoms with Gasteiger partial charge in [-0.25, -0.2) is 0 Å². The first-order valence-corrected chi connectivity index (χ1v) is 7.26. The summed E-state index contributed by atoms with van der Waals surface area (Å²) in [5.74, 6) is -1.11. The van der Waals surface area contributed by atoms with E-state index >= 15 is 0 Å². The van der Waals surface area contributed by atoms with Crippen molar-refractivity contribution in [1.29, 1.82) is 0 Å². The van der Waals surface area contributed by atoms with E-state index in [1.807, 2.05) is 0 Å². The van der Waals surface area contributed by atoms with Gasteiger partial charge < -0.3 is 20.9 Å². The minimum atomic E-state index is -1.03. The minimum Gasteiger partial charge on any atom is -0.389 e. The third kappa shape index (κ3) is 4.28. The molecule has 2 rings (SSSR count). The minimum absolute atomic E-state index is 0.0264. The first kappa shape index (κ1) is 16.4. The normalized spacial score (nSPS) is 18.4. The van der Waals surface area contributed by atoms with E-state index < -0.39 is 17.4 Å². The van der Waals surface area contributed by atoms with E-state index in [1.54, 1.807) is 13.8 Å². The van der Waals surface area contributed by atoms with Crippen molar-refractivity contribution in [2.24, 2.45) is 5.73 Å². The second-order valence-corrected chi connectivity index (χ2v) is 6.09. The van der Waals surface area contributed by atoms with Crippen LogP contribution in [-0.4, -0.2) is 51.6 Å². The highest BCUT2D eigenvalue weighted by Gasteiger charge is 2.23. The van der Waals surface area contributed by atoms with Crippen LogP contribution >= 0.6 is 0 Å². The van der Waals surface area contributed by atoms with Gasteiger partial charge in [0.15, 0.2) is 5.69 Å². The number of carbonyl (C=O) groups is 2. The van der Waals surface area contributed by atoms with Crippen molar-refractivity contribution in [3.63, 3.8) is 0 Å². The van der Waals surface area contributed by atoms with Crippen LogP contribution in [-0.2, 0) is 11.3 Å². The van der Waals surface area contributed by atoms with E-state index in [4.69, 9.17) is 10.5 Å². The lowest BCUT2D eigenvalue weighted by atomic mass is 10.1. The standard InChI is InChI=1S/C14H22N4O4/c1-14(2,21)8-16-13(20)11-6-10(12(15)19)17-18(11)7-9-4-3-5-22-9/h6,9,21H,3-5,7-8H2,1-2H3,(H2,15,19)(H,16,20). The largest absolute Gasteiger partial charge is 0.389 e. The Labute approximate surface area is 128 Å². The second-order valence-electron chi connectivity index (χ2n) is 6.09. The fraction of sp³-hybridized carbons (Fsp3) is 0.643. The van der Waals surface area contributed by atoms with Crippen LogP contribution in [0.15, 0.2) is 6.07 Å². The lowest BCUT2D eigenvalue weighted by molar-refractivity contribution is 0.0680. The summed E-state index contributed by atoms with van der Waals surface area (Å²) in [7, 11) is 0. The van der Waals surface area contributed by atoms with Crippen LogP contribution in [0, 0.1) is 0 Å². The maximum Gasteiger partial charge on any atom is 0.269 e. The van der Waals surface area contributed by atoms with Gasteiger partial charge in [-0.15, -0.1) is 0 Å². The lowest BCUT2D eigenvalue weighted by Crippen LogP contribution is -2.39. The Balaban J connectivity index is 2.16. The van der Waals surface area contributed by atoms with Crippen LogP contribution in [0.4, 0.5) is 0 Å². The van der Waals surface area contributed by atoms with Gasteiger partial charge in [0.2, 0.25) is 0 Å². The van der Waals surface area contributed by atoms with E-state index in [0.717, 1.165) is 12.8 Å². The van der Waals surface area contributed by atoms with Crippen LogP contribution in [0.1, 0.15) is 47.7 Å². The maximum atomic E-state index is 12.2. The van der Waals surface area contributed by atoms with Gasteiger partial charge >= 0.3 is 0 Å². The molecule has 2 amide bonds. The number of nitrogens with two attached hydrogens (primary N) is 1. The van der Waals surface area contributed by atoms with Crippen molar-refractivity contribution < 1.29 is 19.4 Å². The molecule has 1 atom stereocenters. The van der Waals surface area contributed by atoms with Crippen LogP contribution in [0.25, 0.3) is 0 Å². The van der Waals surface area contributed by atoms with Crippen LogP contribution in [0.2, 0.25) is 0 Å². The fourth-order valence-electron chi connectivity index (χ4n) is 2.23. The highest BCUT2D eigenvalue weighted by Crippen LogP contribution is 2.15. The molecule has 22 heavy (non-hydrogen) atoms. The van der Waals surface area contributed by atoms with Gasteiger partial charge in [-0.05, 0) is 26.7 Å². The summed E-state index contributed by atoms with van der Waals surface area (Å²) in [6.07, 6.45) is 1.83. The number of nitrogens with one attached hydrogen (secondary N) is 1. The number of ether oxygens (including phenoxy) is 1. The molecule has 0 saturated carbocycles. The van der Waals surface area contributed by atoms with E-state index in [2.05, 4.69) is 10.4 Å². The van der Waals surface area contributed by atoms with Gasteiger partial charge in [0.05, 0.1) is 18.2 Å². The topological polar surface area (TPSA) is 119 Å². The summed E-state index contributed by atoms with van der Waals surface area (Å²) in [4.78, 5) is 23.5. The molecule has 1 saturated heterocycles. The Kier molecular flexibility index (Phi) is 4.82. The second kappa shape index (κ2) is 6.45. The number of primary amides is 1. The Hall–Kier alpha value is -1.93. The Morgan fingerprint density at radius 2 is 2.32 bits per heavy atom. The number of rotatable bonds is 6. The molecular formula is C14H22N4O4. The molecule has 0 aliphatic carbocycles. The first-order valence-electron chi connectivity index (χ1n) is 7.26. The number of hydrogen-bond donors (Lipinski definition) is 3. The fourth-order valence-corrected chi connectivity index (χ4v) is 2.23. The number of aliphatic hydroxyl groups is 1. The molecule has 1 aromatic heterocycles. The molecule has 1 aromatic rings. The highest BCUT2D eigenvalue weighted by molar-refractivity contribution is 5.97. The number of hydrogen-bond acceptors (Lipinski definition) is 5. The smallest absolute Gasteiger partial charge is 0.269 e. The molecule has 8 nitrogen and oxygen atoms in total. The summed E-state index contributed by atoms with van der Waals surface area (Å²) < 4.78 is 6.97. The van der Waals surface area contributed by atoms with E-state index in [0.29, 0.717) is 13.2 Å². The molecule has 4 N–H and O–H groups in total. The van der Waals surface area contributed by atoms with Gasteiger partial charge in [-0.2, -0.15) is 5.10 Å². The van der Waals surface area contributed by atoms with Gasteiger partial charge in [0.1, 0.15) is 5.69 Å². The molecule has 1 aliphatic rings. The van der Waals surface area contributed by atoms with Crippen LogP contribution in [0.5, 0.6) is 0 Å². The highest BCUT2D eigenvalue weighted by atomic mass is 16.5. The van der Waals surface area contributed by atoms with E-state index in [9.17, 15) is 14.7 Å². The number of nitrogens with zero attached hydrogens (tertiary/aromatic N) is 2. The molecule has 1 unspecified atom stereocenters. The molecular weight excluding hydrogens is 288 g/mol. The molecule has 0 radical (unpaired) electrons. The zero-order valence-electron chi connectivity index (χ0n) is 12.8. The summed E-state index contributed by atoms with van der Waals surface area (Å²) >= 11 is 0. The molecule has 1 aliphatic heterocycles. The molecule has 0 spiro atoms. The first-order chi connectivity index (χ1) is 10.3. The van der Waals surface area contributed by atoms with Crippen molar-refractivity contribution >= 4 is 11.8 Å². The predicted octanol–water partition coefficient (Wildman–Crippen LogP) is -0.338. The van der Waals surface area contributed by atoms with Crippen molar-refractivity contribution in [3.05, 3.63) is 17.5 Å².